The number of carbonyl (C=O) groups excluding carboxylic acids is 1. The highest BCUT2D eigenvalue weighted by Crippen LogP contribution is 2.16. The highest BCUT2D eigenvalue weighted by Gasteiger charge is 2.23. The van der Waals surface area contributed by atoms with Crippen LogP contribution in [0, 0.1) is 0 Å². The van der Waals surface area contributed by atoms with E-state index in [0.717, 1.165) is 19.4 Å². The number of amides is 1. The number of nitrogens with zero attached hydrogens (tertiary/aromatic N) is 1. The Bertz CT molecular complexity index is 402. The van der Waals surface area contributed by atoms with Crippen molar-refractivity contribution in [2.75, 3.05) is 26.2 Å². The molecule has 0 bridgehead atoms. The average Bonchev–Trinajstić information content (AvgIpc) is 2.99. The number of hydrogen-bond acceptors (Lipinski definition) is 4. The number of aliphatic hydroxyl groups excluding tert-OH is 1. The molecule has 1 atom stereocenters. The molecule has 0 aromatic carbocycles. The van der Waals surface area contributed by atoms with E-state index in [4.69, 9.17) is 9.52 Å². The Hall–Kier alpha value is -0.850. The van der Waals surface area contributed by atoms with E-state index < -0.39 is 0 Å². The molecule has 6 heteroatoms. The molecular weight excluding hydrogens is 300 g/mol. The maximum absolute atomic E-state index is 12.2. The van der Waals surface area contributed by atoms with Gasteiger partial charge in [-0.15, -0.1) is 0 Å². The zero-order chi connectivity index (χ0) is 13.0. The van der Waals surface area contributed by atoms with Gasteiger partial charge in [-0.1, -0.05) is 0 Å². The van der Waals surface area contributed by atoms with Gasteiger partial charge in [0.05, 0.1) is 6.61 Å². The van der Waals surface area contributed by atoms with Crippen LogP contribution in [0.2, 0.25) is 0 Å². The lowest BCUT2D eigenvalue weighted by Crippen LogP contribution is -2.42. The zero-order valence-corrected chi connectivity index (χ0v) is 11.6. The lowest BCUT2D eigenvalue weighted by molar-refractivity contribution is 0.0673. The van der Waals surface area contributed by atoms with Crippen molar-refractivity contribution in [2.45, 2.75) is 18.9 Å². The number of carbonyl (C=O) groups is 1. The van der Waals surface area contributed by atoms with Crippen LogP contribution in [0.25, 0.3) is 0 Å². The van der Waals surface area contributed by atoms with Gasteiger partial charge in [-0.25, -0.2) is 0 Å². The van der Waals surface area contributed by atoms with Crippen molar-refractivity contribution in [3.8, 4) is 0 Å². The van der Waals surface area contributed by atoms with Crippen molar-refractivity contribution in [3.63, 3.8) is 0 Å². The van der Waals surface area contributed by atoms with Gasteiger partial charge in [0.15, 0.2) is 10.4 Å². The first-order valence-corrected chi connectivity index (χ1v) is 6.89. The van der Waals surface area contributed by atoms with E-state index in [1.165, 1.54) is 0 Å². The predicted molar refractivity (Wildman–Crippen MR) is 70.4 cm³/mol. The molecule has 0 spiro atoms. The predicted octanol–water partition coefficient (Wildman–Crippen LogP) is 1.23. The third-order valence-corrected chi connectivity index (χ3v) is 3.47. The van der Waals surface area contributed by atoms with E-state index in [9.17, 15) is 4.79 Å². The molecular formula is C12H17BrN2O3. The van der Waals surface area contributed by atoms with E-state index >= 15 is 0 Å². The lowest BCUT2D eigenvalue weighted by Gasteiger charge is -2.24. The molecule has 1 aliphatic heterocycles. The Kier molecular flexibility index (Phi) is 4.79. The maximum atomic E-state index is 12.2. The molecule has 0 radical (unpaired) electrons. The summed E-state index contributed by atoms with van der Waals surface area (Å²) in [6.45, 7) is 1.89. The summed E-state index contributed by atoms with van der Waals surface area (Å²) in [6, 6.07) is 3.65. The summed E-state index contributed by atoms with van der Waals surface area (Å²) in [6.07, 6.45) is 2.20. The van der Waals surface area contributed by atoms with E-state index in [2.05, 4.69) is 21.2 Å². The molecule has 2 rings (SSSR count). The molecule has 5 nitrogen and oxygen atoms in total. The average molecular weight is 317 g/mol. The van der Waals surface area contributed by atoms with Gasteiger partial charge in [0.1, 0.15) is 0 Å². The molecule has 0 saturated carbocycles. The normalized spacial score (nSPS) is 19.1. The second kappa shape index (κ2) is 6.36. The molecule has 1 aliphatic rings. The minimum absolute atomic E-state index is 0.0413. The van der Waals surface area contributed by atoms with Crippen LogP contribution in [0.5, 0.6) is 0 Å². The molecule has 1 fully saturated rings. The van der Waals surface area contributed by atoms with Crippen LogP contribution in [-0.4, -0.2) is 48.2 Å². The zero-order valence-electron chi connectivity index (χ0n) is 10.1. The minimum atomic E-state index is -0.177. The summed E-state index contributed by atoms with van der Waals surface area (Å²) in [5.74, 6) is 0.122. The highest BCUT2D eigenvalue weighted by molar-refractivity contribution is 9.10. The van der Waals surface area contributed by atoms with Crippen LogP contribution in [0.15, 0.2) is 21.2 Å². The molecule has 1 amide bonds. The number of nitrogens with one attached hydrogen (secondary N) is 1. The molecule has 2 N–H and O–H groups in total. The summed E-state index contributed by atoms with van der Waals surface area (Å²) >= 11 is 3.18. The fourth-order valence-electron chi connectivity index (χ4n) is 2.16. The molecule has 0 aliphatic carbocycles. The molecule has 1 unspecified atom stereocenters. The number of furan rings is 1. The molecule has 1 aromatic heterocycles. The third kappa shape index (κ3) is 3.34. The highest BCUT2D eigenvalue weighted by atomic mass is 79.9. The van der Waals surface area contributed by atoms with Crippen molar-refractivity contribution < 1.29 is 14.3 Å². The quantitative estimate of drug-likeness (QED) is 0.857. The third-order valence-electron chi connectivity index (χ3n) is 3.04. The SMILES string of the molecule is O=C(c1ccc(Br)o1)N(CCO)CC1CCCN1. The van der Waals surface area contributed by atoms with E-state index in [1.54, 1.807) is 17.0 Å². The summed E-state index contributed by atoms with van der Waals surface area (Å²) in [7, 11) is 0. The van der Waals surface area contributed by atoms with Crippen molar-refractivity contribution in [1.82, 2.24) is 10.2 Å². The lowest BCUT2D eigenvalue weighted by atomic mass is 10.2. The van der Waals surface area contributed by atoms with Gasteiger partial charge in [0.25, 0.3) is 5.91 Å². The first-order valence-electron chi connectivity index (χ1n) is 6.09. The fraction of sp³-hybridized carbons (Fsp3) is 0.583. The Labute approximate surface area is 114 Å². The Balaban J connectivity index is 2.01. The first kappa shape index (κ1) is 13.6. The van der Waals surface area contributed by atoms with Crippen LogP contribution in [-0.2, 0) is 0 Å². The maximum Gasteiger partial charge on any atom is 0.289 e. The Morgan fingerprint density at radius 1 is 1.61 bits per heavy atom. The van der Waals surface area contributed by atoms with Gasteiger partial charge in [-0.3, -0.25) is 4.79 Å². The van der Waals surface area contributed by atoms with Gasteiger partial charge < -0.3 is 19.7 Å². The molecule has 1 saturated heterocycles. The van der Waals surface area contributed by atoms with E-state index in [1.807, 2.05) is 0 Å². The van der Waals surface area contributed by atoms with Crippen molar-refractivity contribution in [1.29, 1.82) is 0 Å². The number of halogens is 1. The van der Waals surface area contributed by atoms with Gasteiger partial charge in [0.2, 0.25) is 0 Å². The van der Waals surface area contributed by atoms with Crippen LogP contribution in [0.4, 0.5) is 0 Å². The van der Waals surface area contributed by atoms with Crippen molar-refractivity contribution in [2.24, 2.45) is 0 Å². The Morgan fingerprint density at radius 3 is 3.00 bits per heavy atom. The summed E-state index contributed by atoms with van der Waals surface area (Å²) < 4.78 is 5.80. The molecule has 1 aromatic rings. The second-order valence-corrected chi connectivity index (χ2v) is 5.15. The molecule has 2 heterocycles. The topological polar surface area (TPSA) is 65.7 Å². The largest absolute Gasteiger partial charge is 0.444 e. The smallest absolute Gasteiger partial charge is 0.289 e. The van der Waals surface area contributed by atoms with E-state index in [-0.39, 0.29) is 12.5 Å². The Morgan fingerprint density at radius 2 is 2.44 bits per heavy atom. The standard InChI is InChI=1S/C12H17BrN2O3/c13-11-4-3-10(18-11)12(17)15(6-7-16)8-9-2-1-5-14-9/h3-4,9,14,16H,1-2,5-8H2. The van der Waals surface area contributed by atoms with Crippen molar-refractivity contribution >= 4 is 21.8 Å². The van der Waals surface area contributed by atoms with Gasteiger partial charge in [0, 0.05) is 19.1 Å². The van der Waals surface area contributed by atoms with E-state index in [0.29, 0.717) is 29.6 Å². The summed E-state index contributed by atoms with van der Waals surface area (Å²) in [5.41, 5.74) is 0. The van der Waals surface area contributed by atoms with Gasteiger partial charge in [-0.05, 0) is 47.4 Å². The van der Waals surface area contributed by atoms with Gasteiger partial charge >= 0.3 is 0 Å². The van der Waals surface area contributed by atoms with Crippen LogP contribution in [0.3, 0.4) is 0 Å². The molecule has 18 heavy (non-hydrogen) atoms. The number of aliphatic hydroxyl groups is 1. The fourth-order valence-corrected chi connectivity index (χ4v) is 2.47. The second-order valence-electron chi connectivity index (χ2n) is 4.37. The molecule has 100 valence electrons. The first-order chi connectivity index (χ1) is 8.70. The van der Waals surface area contributed by atoms with Crippen LogP contribution in [0.1, 0.15) is 23.4 Å². The van der Waals surface area contributed by atoms with Crippen molar-refractivity contribution in [3.05, 3.63) is 22.6 Å². The van der Waals surface area contributed by atoms with Crippen LogP contribution >= 0.6 is 15.9 Å². The monoisotopic (exact) mass is 316 g/mol. The number of rotatable bonds is 5. The minimum Gasteiger partial charge on any atom is -0.444 e. The summed E-state index contributed by atoms with van der Waals surface area (Å²) in [5, 5.41) is 12.4. The van der Waals surface area contributed by atoms with Crippen LogP contribution < -0.4 is 5.32 Å². The summed E-state index contributed by atoms with van der Waals surface area (Å²) in [4.78, 5) is 13.8. The van der Waals surface area contributed by atoms with Gasteiger partial charge in [-0.2, -0.15) is 0 Å². The number of hydrogen-bond donors (Lipinski definition) is 2.